The van der Waals surface area contributed by atoms with E-state index < -0.39 is 0 Å². The number of anilines is 1. The molecule has 4 rings (SSSR count). The van der Waals surface area contributed by atoms with E-state index in [9.17, 15) is 14.9 Å². The average Bonchev–Trinajstić information content (AvgIpc) is 3.27. The molecule has 1 amide bonds. The lowest BCUT2D eigenvalue weighted by atomic mass is 10.0. The van der Waals surface area contributed by atoms with Crippen molar-refractivity contribution < 1.29 is 9.59 Å². The summed E-state index contributed by atoms with van der Waals surface area (Å²) < 4.78 is 1.52. The van der Waals surface area contributed by atoms with E-state index in [1.807, 2.05) is 19.1 Å². The lowest BCUT2D eigenvalue weighted by Crippen LogP contribution is -2.27. The van der Waals surface area contributed by atoms with Gasteiger partial charge in [-0.1, -0.05) is 41.4 Å². The number of carbonyl (C=O) groups excluding carboxylic acids is 2. The standard InChI is InChI=1S/C26H22ClN7O2/c1-17-4-6-18(7-5-17)23(35)22-21(16-28)25(34(33-22)20-10-8-19(27)9-11-20)31-14-3-15-32-26(36)24-29-12-2-13-30-24/h2,4-13,31H,3,14-15H2,1H3,(H,32,36). The number of carbonyl (C=O) groups is 2. The van der Waals surface area contributed by atoms with Crippen molar-refractivity contribution in [1.29, 1.82) is 5.26 Å². The number of nitriles is 1. The van der Waals surface area contributed by atoms with Crippen molar-refractivity contribution in [2.24, 2.45) is 0 Å². The predicted octanol–water partition coefficient (Wildman–Crippen LogP) is 3.96. The first-order valence-electron chi connectivity index (χ1n) is 11.2. The van der Waals surface area contributed by atoms with Crippen molar-refractivity contribution >= 4 is 29.1 Å². The molecule has 0 bridgehead atoms. The van der Waals surface area contributed by atoms with E-state index in [2.05, 4.69) is 31.8 Å². The summed E-state index contributed by atoms with van der Waals surface area (Å²) >= 11 is 6.04. The Hall–Kier alpha value is -4.55. The number of aromatic nitrogens is 4. The second-order valence-corrected chi connectivity index (χ2v) is 8.31. The first-order valence-corrected chi connectivity index (χ1v) is 11.5. The second-order valence-electron chi connectivity index (χ2n) is 7.88. The zero-order chi connectivity index (χ0) is 25.5. The first kappa shape index (κ1) is 24.6. The molecule has 36 heavy (non-hydrogen) atoms. The molecular formula is C26H22ClN7O2. The van der Waals surface area contributed by atoms with Crippen LogP contribution in [0.25, 0.3) is 5.69 Å². The average molecular weight is 500 g/mol. The third kappa shape index (κ3) is 5.56. The fourth-order valence-corrected chi connectivity index (χ4v) is 3.58. The largest absolute Gasteiger partial charge is 0.369 e. The van der Waals surface area contributed by atoms with E-state index >= 15 is 0 Å². The monoisotopic (exact) mass is 499 g/mol. The van der Waals surface area contributed by atoms with Crippen LogP contribution in [0.2, 0.25) is 5.02 Å². The van der Waals surface area contributed by atoms with Gasteiger partial charge in [-0.05, 0) is 43.7 Å². The summed E-state index contributed by atoms with van der Waals surface area (Å²) in [6.45, 7) is 2.69. The Kier molecular flexibility index (Phi) is 7.68. The summed E-state index contributed by atoms with van der Waals surface area (Å²) in [4.78, 5) is 33.2. The maximum absolute atomic E-state index is 13.2. The maximum atomic E-state index is 13.2. The van der Waals surface area contributed by atoms with Gasteiger partial charge >= 0.3 is 0 Å². The summed E-state index contributed by atoms with van der Waals surface area (Å²) in [7, 11) is 0. The molecule has 0 unspecified atom stereocenters. The smallest absolute Gasteiger partial charge is 0.289 e. The number of hydrogen-bond donors (Lipinski definition) is 2. The van der Waals surface area contributed by atoms with Crippen molar-refractivity contribution in [2.45, 2.75) is 13.3 Å². The molecule has 0 aliphatic rings. The summed E-state index contributed by atoms with van der Waals surface area (Å²) in [5.41, 5.74) is 2.28. The van der Waals surface area contributed by atoms with Gasteiger partial charge in [-0.25, -0.2) is 14.6 Å². The number of aryl methyl sites for hydroxylation is 1. The highest BCUT2D eigenvalue weighted by molar-refractivity contribution is 6.30. The number of hydrogen-bond acceptors (Lipinski definition) is 7. The van der Waals surface area contributed by atoms with E-state index in [4.69, 9.17) is 11.6 Å². The van der Waals surface area contributed by atoms with Crippen LogP contribution >= 0.6 is 11.6 Å². The molecule has 0 spiro atoms. The van der Waals surface area contributed by atoms with Crippen LogP contribution in [0, 0.1) is 18.3 Å². The third-order valence-electron chi connectivity index (χ3n) is 5.30. The van der Waals surface area contributed by atoms with Gasteiger partial charge in [-0.15, -0.1) is 0 Å². The Balaban J connectivity index is 1.55. The molecule has 2 N–H and O–H groups in total. The van der Waals surface area contributed by atoms with Crippen LogP contribution in [-0.2, 0) is 0 Å². The lowest BCUT2D eigenvalue weighted by molar-refractivity contribution is 0.0942. The van der Waals surface area contributed by atoms with Gasteiger partial charge in [0, 0.05) is 36.1 Å². The normalized spacial score (nSPS) is 10.5. The summed E-state index contributed by atoms with van der Waals surface area (Å²) in [5.74, 6) is -0.242. The highest BCUT2D eigenvalue weighted by atomic mass is 35.5. The van der Waals surface area contributed by atoms with Crippen LogP contribution in [0.3, 0.4) is 0 Å². The Morgan fingerprint density at radius 1 is 1.03 bits per heavy atom. The van der Waals surface area contributed by atoms with E-state index in [1.165, 1.54) is 17.1 Å². The molecular weight excluding hydrogens is 478 g/mol. The first-order chi connectivity index (χ1) is 17.5. The number of benzene rings is 2. The lowest BCUT2D eigenvalue weighted by Gasteiger charge is -2.11. The highest BCUT2D eigenvalue weighted by Gasteiger charge is 2.25. The minimum absolute atomic E-state index is 0.0494. The van der Waals surface area contributed by atoms with Gasteiger partial charge in [0.05, 0.1) is 5.69 Å². The zero-order valence-corrected chi connectivity index (χ0v) is 20.2. The van der Waals surface area contributed by atoms with Gasteiger partial charge in [-0.3, -0.25) is 9.59 Å². The van der Waals surface area contributed by atoms with Crippen LogP contribution in [0.5, 0.6) is 0 Å². The molecule has 4 aromatic rings. The van der Waals surface area contributed by atoms with Crippen molar-refractivity contribution in [2.75, 3.05) is 18.4 Å². The minimum Gasteiger partial charge on any atom is -0.369 e. The van der Waals surface area contributed by atoms with Gasteiger partial charge in [0.1, 0.15) is 17.5 Å². The molecule has 0 radical (unpaired) electrons. The fraction of sp³-hybridized carbons (Fsp3) is 0.154. The molecule has 0 saturated heterocycles. The third-order valence-corrected chi connectivity index (χ3v) is 5.55. The molecule has 2 aromatic carbocycles. The molecule has 0 aliphatic heterocycles. The van der Waals surface area contributed by atoms with E-state index in [1.54, 1.807) is 42.5 Å². The molecule has 0 fully saturated rings. The Bertz CT molecular complexity index is 1410. The number of amides is 1. The summed E-state index contributed by atoms with van der Waals surface area (Å²) in [6, 6.07) is 17.8. The predicted molar refractivity (Wildman–Crippen MR) is 135 cm³/mol. The van der Waals surface area contributed by atoms with Crippen molar-refractivity contribution in [1.82, 2.24) is 25.1 Å². The van der Waals surface area contributed by atoms with Crippen LogP contribution in [-0.4, -0.2) is 44.5 Å². The molecule has 180 valence electrons. The van der Waals surface area contributed by atoms with Gasteiger partial charge in [0.25, 0.3) is 5.91 Å². The van der Waals surface area contributed by atoms with Gasteiger partial charge in [0.15, 0.2) is 5.69 Å². The summed E-state index contributed by atoms with van der Waals surface area (Å²) in [5, 5.41) is 21.0. The molecule has 0 atom stereocenters. The molecule has 2 aromatic heterocycles. The Morgan fingerprint density at radius 3 is 2.39 bits per heavy atom. The van der Waals surface area contributed by atoms with Gasteiger partial charge in [0.2, 0.25) is 11.6 Å². The minimum atomic E-state index is -0.370. The number of halogens is 1. The van der Waals surface area contributed by atoms with Crippen molar-refractivity contribution in [3.05, 3.63) is 100 Å². The Morgan fingerprint density at radius 2 is 1.72 bits per heavy atom. The van der Waals surface area contributed by atoms with E-state index in [0.29, 0.717) is 41.6 Å². The van der Waals surface area contributed by atoms with Crippen molar-refractivity contribution in [3.63, 3.8) is 0 Å². The number of nitrogens with zero attached hydrogens (tertiary/aromatic N) is 5. The molecule has 0 aliphatic carbocycles. The van der Waals surface area contributed by atoms with Crippen LogP contribution in [0.15, 0.2) is 67.0 Å². The SMILES string of the molecule is Cc1ccc(C(=O)c2nn(-c3ccc(Cl)cc3)c(NCCCNC(=O)c3ncccn3)c2C#N)cc1. The summed E-state index contributed by atoms with van der Waals surface area (Å²) in [6.07, 6.45) is 3.54. The van der Waals surface area contributed by atoms with Gasteiger partial charge in [-0.2, -0.15) is 10.4 Å². The van der Waals surface area contributed by atoms with Crippen LogP contribution in [0.1, 0.15) is 44.2 Å². The van der Waals surface area contributed by atoms with Crippen molar-refractivity contribution in [3.8, 4) is 11.8 Å². The van der Waals surface area contributed by atoms with E-state index in [0.717, 1.165) is 5.56 Å². The fourth-order valence-electron chi connectivity index (χ4n) is 3.45. The topological polar surface area (TPSA) is 126 Å². The molecule has 9 nitrogen and oxygen atoms in total. The van der Waals surface area contributed by atoms with Gasteiger partial charge < -0.3 is 10.6 Å². The molecule has 10 heteroatoms. The molecule has 2 heterocycles. The number of nitrogens with one attached hydrogen (secondary N) is 2. The molecule has 0 saturated carbocycles. The van der Waals surface area contributed by atoms with Crippen LogP contribution < -0.4 is 10.6 Å². The van der Waals surface area contributed by atoms with Crippen LogP contribution in [0.4, 0.5) is 5.82 Å². The zero-order valence-electron chi connectivity index (χ0n) is 19.4. The Labute approximate surface area is 212 Å². The quantitative estimate of drug-likeness (QED) is 0.263. The van der Waals surface area contributed by atoms with E-state index in [-0.39, 0.29) is 28.8 Å². The maximum Gasteiger partial charge on any atom is 0.289 e. The number of rotatable bonds is 9. The highest BCUT2D eigenvalue weighted by Crippen LogP contribution is 2.26. The second kappa shape index (κ2) is 11.3. The number of ketones is 1.